The van der Waals surface area contributed by atoms with Gasteiger partial charge in [-0.15, -0.1) is 23.5 Å². The van der Waals surface area contributed by atoms with E-state index in [0.717, 1.165) is 59.7 Å². The number of sulfonamides is 2. The molecule has 0 spiro atoms. The average molecular weight is 1010 g/mol. The van der Waals surface area contributed by atoms with Crippen LogP contribution in [0.25, 0.3) is 0 Å². The normalized spacial score (nSPS) is 18.3. The molecule has 0 radical (unpaired) electrons. The number of para-hydroxylation sites is 2. The molecule has 0 fully saturated rings. The van der Waals surface area contributed by atoms with Gasteiger partial charge in [-0.25, -0.2) is 16.8 Å². The van der Waals surface area contributed by atoms with Gasteiger partial charge in [0, 0.05) is 62.8 Å². The number of rotatable bonds is 18. The van der Waals surface area contributed by atoms with Crippen LogP contribution in [0.2, 0.25) is 0 Å². The third-order valence-electron chi connectivity index (χ3n) is 12.5. The molecule has 0 bridgehead atoms. The Morgan fingerprint density at radius 1 is 0.618 bits per heavy atom. The molecular weight excluding hydrogens is 945 g/mol. The van der Waals surface area contributed by atoms with Crippen molar-refractivity contribution in [3.05, 3.63) is 84.9 Å². The Morgan fingerprint density at radius 2 is 0.956 bits per heavy atom. The minimum absolute atomic E-state index is 0.0773. The number of carboxylic acid groups (broad SMARTS) is 2. The van der Waals surface area contributed by atoms with Crippen molar-refractivity contribution in [2.24, 2.45) is 10.8 Å². The first-order valence-electron chi connectivity index (χ1n) is 22.8. The summed E-state index contributed by atoms with van der Waals surface area (Å²) < 4.78 is 69.9. The molecule has 4 aromatic carbocycles. The summed E-state index contributed by atoms with van der Waals surface area (Å²) in [5.74, 6) is -1.21. The Labute approximate surface area is 412 Å². The first-order valence-corrected chi connectivity index (χ1v) is 28.2. The highest BCUT2D eigenvalue weighted by atomic mass is 32.2. The lowest BCUT2D eigenvalue weighted by Crippen LogP contribution is -2.40. The number of ether oxygens (including phenoxy) is 2. The molecule has 2 N–H and O–H groups in total. The van der Waals surface area contributed by atoms with Gasteiger partial charge in [0.05, 0.1) is 32.0 Å². The first kappa shape index (κ1) is 54.5. The van der Waals surface area contributed by atoms with Crippen LogP contribution in [0.1, 0.15) is 80.1 Å². The monoisotopic (exact) mass is 1010 g/mol. The smallest absolute Gasteiger partial charge is 0.312 e. The molecule has 14 nitrogen and oxygen atoms in total. The Hall–Kier alpha value is -4.46. The molecular formula is C50H68N4O10S4. The van der Waals surface area contributed by atoms with E-state index in [1.165, 1.54) is 32.1 Å². The van der Waals surface area contributed by atoms with Gasteiger partial charge in [0.1, 0.15) is 34.5 Å². The van der Waals surface area contributed by atoms with Crippen molar-refractivity contribution in [3.8, 4) is 11.5 Å². The number of thioether (sulfide) groups is 2. The van der Waals surface area contributed by atoms with Crippen LogP contribution in [0, 0.1) is 10.8 Å². The van der Waals surface area contributed by atoms with Gasteiger partial charge in [0.15, 0.2) is 0 Å². The van der Waals surface area contributed by atoms with Crippen LogP contribution in [0.3, 0.4) is 0 Å². The Bertz CT molecular complexity index is 2420. The number of likely N-dealkylation sites (N-methyl/N-ethyl adjacent to an activating group) is 2. The molecule has 2 heterocycles. The maximum absolute atomic E-state index is 13.8. The van der Waals surface area contributed by atoms with E-state index < -0.39 is 42.8 Å². The fraction of sp³-hybridized carbons (Fsp3) is 0.480. The standard InChI is InChI=1S/2C25H34N2O5S2/c2*1-6-7-11-19-16-27(18-12-9-8-10-13-18)20-14-22(33-5)21(32-17-25(2,3)24(28)29)15-23(20)34(30,31)26(19)4/h2*8-10,12-15,19H,6-7,11,16-17H2,1-5H3,(H,28,29)/t2*19-/m10/s1. The highest BCUT2D eigenvalue weighted by molar-refractivity contribution is 7.99. The summed E-state index contributed by atoms with van der Waals surface area (Å²) in [5, 5.41) is 18.9. The van der Waals surface area contributed by atoms with E-state index in [4.69, 9.17) is 9.47 Å². The van der Waals surface area contributed by atoms with Gasteiger partial charge in [0.25, 0.3) is 0 Å². The molecule has 0 unspecified atom stereocenters. The lowest BCUT2D eigenvalue weighted by molar-refractivity contribution is -0.149. The summed E-state index contributed by atoms with van der Waals surface area (Å²) in [6.45, 7) is 11.4. The van der Waals surface area contributed by atoms with E-state index in [1.54, 1.807) is 53.9 Å². The summed E-state index contributed by atoms with van der Waals surface area (Å²) in [6, 6.07) is 26.0. The van der Waals surface area contributed by atoms with E-state index in [2.05, 4.69) is 23.6 Å². The van der Waals surface area contributed by atoms with Gasteiger partial charge >= 0.3 is 11.9 Å². The number of carboxylic acids is 2. The number of benzene rings is 4. The van der Waals surface area contributed by atoms with E-state index in [1.807, 2.05) is 85.3 Å². The van der Waals surface area contributed by atoms with Crippen LogP contribution in [-0.4, -0.2) is 113 Å². The number of unbranched alkanes of at least 4 members (excludes halogenated alkanes) is 2. The van der Waals surface area contributed by atoms with Crippen LogP contribution in [0.4, 0.5) is 22.7 Å². The minimum Gasteiger partial charge on any atom is -0.491 e. The van der Waals surface area contributed by atoms with Crippen LogP contribution in [-0.2, 0) is 29.6 Å². The Balaban J connectivity index is 0.000000254. The second kappa shape index (κ2) is 23.0. The van der Waals surface area contributed by atoms with Gasteiger partial charge in [-0.3, -0.25) is 9.59 Å². The van der Waals surface area contributed by atoms with Crippen molar-refractivity contribution >= 4 is 78.3 Å². The number of carbonyl (C=O) groups is 2. The average Bonchev–Trinajstić information content (AvgIpc) is 3.45. The van der Waals surface area contributed by atoms with Crippen molar-refractivity contribution in [1.29, 1.82) is 0 Å². The molecule has 18 heteroatoms. The highest BCUT2D eigenvalue weighted by Gasteiger charge is 2.40. The fourth-order valence-electron chi connectivity index (χ4n) is 7.76. The van der Waals surface area contributed by atoms with E-state index in [9.17, 15) is 36.6 Å². The molecule has 0 saturated carbocycles. The molecule has 0 aromatic heterocycles. The number of aliphatic carboxylic acids is 2. The number of fused-ring (bicyclic) bond motifs is 2. The molecule has 372 valence electrons. The van der Waals surface area contributed by atoms with Crippen LogP contribution >= 0.6 is 23.5 Å². The number of hydrogen-bond donors (Lipinski definition) is 2. The summed E-state index contributed by atoms with van der Waals surface area (Å²) in [6.07, 6.45) is 9.13. The van der Waals surface area contributed by atoms with Crippen molar-refractivity contribution in [2.75, 3.05) is 62.7 Å². The van der Waals surface area contributed by atoms with Gasteiger partial charge in [-0.2, -0.15) is 8.61 Å². The third kappa shape index (κ3) is 12.3. The summed E-state index contributed by atoms with van der Waals surface area (Å²) in [7, 11) is -4.33. The molecule has 2 aliphatic heterocycles. The molecule has 2 atom stereocenters. The highest BCUT2D eigenvalue weighted by Crippen LogP contribution is 2.46. The molecule has 0 amide bonds. The maximum atomic E-state index is 13.8. The zero-order chi connectivity index (χ0) is 50.2. The molecule has 2 aliphatic rings. The SMILES string of the molecule is CCCC[C@@H]1CN(c2ccccc2)c2cc(SC)c(OCC(C)(C)C(=O)O)cc2S(=O)(=O)N1C.CCCC[C@H]1CN(c2ccccc2)c2cc(SC)c(OCC(C)(C)C(=O)O)cc2S(=O)(=O)N1C. The van der Waals surface area contributed by atoms with E-state index >= 15 is 0 Å². The largest absolute Gasteiger partial charge is 0.491 e. The second-order valence-corrected chi connectivity index (χ2v) is 24.1. The minimum atomic E-state index is -3.81. The van der Waals surface area contributed by atoms with Crippen LogP contribution in [0.5, 0.6) is 11.5 Å². The van der Waals surface area contributed by atoms with Crippen LogP contribution in [0.15, 0.2) is 105 Å². The van der Waals surface area contributed by atoms with Gasteiger partial charge < -0.3 is 29.5 Å². The molecule has 6 rings (SSSR count). The first-order chi connectivity index (χ1) is 32.0. The van der Waals surface area contributed by atoms with Crippen molar-refractivity contribution in [1.82, 2.24) is 8.61 Å². The summed E-state index contributed by atoms with van der Waals surface area (Å²) in [5.41, 5.74) is 0.822. The third-order valence-corrected chi connectivity index (χ3v) is 17.8. The summed E-state index contributed by atoms with van der Waals surface area (Å²) in [4.78, 5) is 29.1. The van der Waals surface area contributed by atoms with Crippen LogP contribution < -0.4 is 19.3 Å². The van der Waals surface area contributed by atoms with Gasteiger partial charge in [-0.1, -0.05) is 75.9 Å². The predicted molar refractivity (Wildman–Crippen MR) is 274 cm³/mol. The number of nitrogens with zero attached hydrogens (tertiary/aromatic N) is 4. The molecule has 0 saturated heterocycles. The number of anilines is 4. The lowest BCUT2D eigenvalue weighted by Gasteiger charge is -2.29. The van der Waals surface area contributed by atoms with Crippen molar-refractivity contribution in [2.45, 2.75) is 112 Å². The Kier molecular flexibility index (Phi) is 18.4. The quantitative estimate of drug-likeness (QED) is 0.0901. The molecule has 0 aliphatic carbocycles. The topological polar surface area (TPSA) is 174 Å². The maximum Gasteiger partial charge on any atom is 0.312 e. The predicted octanol–water partition coefficient (Wildman–Crippen LogP) is 10.5. The second-order valence-electron chi connectivity index (χ2n) is 18.4. The summed E-state index contributed by atoms with van der Waals surface area (Å²) >= 11 is 2.88. The van der Waals surface area contributed by atoms with E-state index in [-0.39, 0.29) is 35.1 Å². The van der Waals surface area contributed by atoms with Crippen molar-refractivity contribution in [3.63, 3.8) is 0 Å². The van der Waals surface area contributed by atoms with E-state index in [0.29, 0.717) is 36.0 Å². The fourth-order valence-corrected chi connectivity index (χ4v) is 12.0. The molecule has 4 aromatic rings. The molecule has 68 heavy (non-hydrogen) atoms. The zero-order valence-corrected chi connectivity index (χ0v) is 44.2. The number of hydrogen-bond acceptors (Lipinski definition) is 12. The lowest BCUT2D eigenvalue weighted by atomic mass is 9.95. The van der Waals surface area contributed by atoms with Gasteiger partial charge in [0.2, 0.25) is 20.0 Å². The van der Waals surface area contributed by atoms with Gasteiger partial charge in [-0.05, 0) is 89.4 Å². The zero-order valence-electron chi connectivity index (χ0n) is 40.9. The van der Waals surface area contributed by atoms with Crippen molar-refractivity contribution < 1.29 is 46.1 Å². The Morgan fingerprint density at radius 3 is 1.25 bits per heavy atom.